The fraction of sp³-hybridized carbons (Fsp3) is 0.462. The van der Waals surface area contributed by atoms with E-state index in [1.54, 1.807) is 12.1 Å². The maximum atomic E-state index is 12.1. The molecule has 0 amide bonds. The number of benzene rings is 1. The van der Waals surface area contributed by atoms with Crippen LogP contribution in [-0.2, 0) is 9.84 Å². The van der Waals surface area contributed by atoms with E-state index in [1.807, 2.05) is 11.0 Å². The summed E-state index contributed by atoms with van der Waals surface area (Å²) in [7, 11) is -3.37. The number of aliphatic hydroxyl groups is 1. The summed E-state index contributed by atoms with van der Waals surface area (Å²) >= 11 is 0. The molecule has 0 spiro atoms. The summed E-state index contributed by atoms with van der Waals surface area (Å²) in [5.41, 5.74) is 0.345. The SMILES string of the molecule is N#Cc1cccc(S(=O)(=O)CCN2CC[C@@H](O)C2)c1. The van der Waals surface area contributed by atoms with Crippen LogP contribution in [0.4, 0.5) is 0 Å². The number of hydrogen-bond donors (Lipinski definition) is 1. The van der Waals surface area contributed by atoms with Crippen LogP contribution in [0.1, 0.15) is 12.0 Å². The number of hydrogen-bond acceptors (Lipinski definition) is 5. The minimum absolute atomic E-state index is 0.00853. The van der Waals surface area contributed by atoms with Gasteiger partial charge in [-0.05, 0) is 24.6 Å². The van der Waals surface area contributed by atoms with Crippen LogP contribution < -0.4 is 0 Å². The molecule has 1 aliphatic heterocycles. The van der Waals surface area contributed by atoms with Crippen molar-refractivity contribution < 1.29 is 13.5 Å². The molecule has 0 unspecified atom stereocenters. The number of β-amino-alcohol motifs (C(OH)–C–C–N with tert-alkyl or cyclic N) is 1. The van der Waals surface area contributed by atoms with Crippen molar-refractivity contribution in [1.29, 1.82) is 5.26 Å². The Labute approximate surface area is 113 Å². The lowest BCUT2D eigenvalue weighted by atomic mass is 10.2. The van der Waals surface area contributed by atoms with Crippen molar-refractivity contribution in [1.82, 2.24) is 4.90 Å². The van der Waals surface area contributed by atoms with Gasteiger partial charge in [0.15, 0.2) is 9.84 Å². The van der Waals surface area contributed by atoms with E-state index in [0.717, 1.165) is 6.54 Å². The molecule has 6 heteroatoms. The Morgan fingerprint density at radius 1 is 1.47 bits per heavy atom. The first-order valence-corrected chi connectivity index (χ1v) is 7.80. The highest BCUT2D eigenvalue weighted by Crippen LogP contribution is 2.15. The minimum Gasteiger partial charge on any atom is -0.392 e. The second kappa shape index (κ2) is 5.70. The number of likely N-dealkylation sites (tertiary alicyclic amines) is 1. The predicted molar refractivity (Wildman–Crippen MR) is 70.3 cm³/mol. The van der Waals surface area contributed by atoms with Crippen molar-refractivity contribution in [2.24, 2.45) is 0 Å². The Morgan fingerprint density at radius 3 is 2.89 bits per heavy atom. The summed E-state index contributed by atoms with van der Waals surface area (Å²) in [5.74, 6) is 0.00853. The molecule has 0 aliphatic carbocycles. The number of rotatable bonds is 4. The normalized spacial score (nSPS) is 20.3. The Morgan fingerprint density at radius 2 is 2.26 bits per heavy atom. The highest BCUT2D eigenvalue weighted by molar-refractivity contribution is 7.91. The predicted octanol–water partition coefficient (Wildman–Crippen LogP) is 0.399. The third kappa shape index (κ3) is 3.53. The van der Waals surface area contributed by atoms with Gasteiger partial charge in [0.05, 0.1) is 28.4 Å². The Bertz CT molecular complexity index is 592. The molecule has 1 aromatic carbocycles. The van der Waals surface area contributed by atoms with E-state index < -0.39 is 9.84 Å². The molecule has 5 nitrogen and oxygen atoms in total. The number of nitriles is 1. The molecule has 2 rings (SSSR count). The zero-order valence-corrected chi connectivity index (χ0v) is 11.3. The van der Waals surface area contributed by atoms with Crippen molar-refractivity contribution in [2.45, 2.75) is 17.4 Å². The molecule has 0 bridgehead atoms. The van der Waals surface area contributed by atoms with Gasteiger partial charge in [-0.1, -0.05) is 6.07 Å². The zero-order valence-electron chi connectivity index (χ0n) is 10.5. The van der Waals surface area contributed by atoms with Crippen molar-refractivity contribution in [3.63, 3.8) is 0 Å². The van der Waals surface area contributed by atoms with Gasteiger partial charge in [-0.15, -0.1) is 0 Å². The summed E-state index contributed by atoms with van der Waals surface area (Å²) in [4.78, 5) is 2.13. The van der Waals surface area contributed by atoms with Crippen LogP contribution in [0.25, 0.3) is 0 Å². The van der Waals surface area contributed by atoms with E-state index in [4.69, 9.17) is 5.26 Å². The summed E-state index contributed by atoms with van der Waals surface area (Å²) in [6.07, 6.45) is 0.355. The summed E-state index contributed by atoms with van der Waals surface area (Å²) in [5, 5.41) is 18.2. The van der Waals surface area contributed by atoms with Gasteiger partial charge in [-0.3, -0.25) is 4.90 Å². The molecule has 0 radical (unpaired) electrons. The first kappa shape index (κ1) is 14.0. The molecule has 1 atom stereocenters. The summed E-state index contributed by atoms with van der Waals surface area (Å²) in [6, 6.07) is 7.99. The van der Waals surface area contributed by atoms with Gasteiger partial charge in [0.25, 0.3) is 0 Å². The number of sulfone groups is 1. The molecule has 1 fully saturated rings. The number of aliphatic hydroxyl groups excluding tert-OH is 1. The van der Waals surface area contributed by atoms with E-state index >= 15 is 0 Å². The lowest BCUT2D eigenvalue weighted by Crippen LogP contribution is -2.28. The Kier molecular flexibility index (Phi) is 4.20. The molecule has 0 saturated carbocycles. The maximum Gasteiger partial charge on any atom is 0.179 e. The van der Waals surface area contributed by atoms with Gasteiger partial charge in [-0.2, -0.15) is 5.26 Å². The van der Waals surface area contributed by atoms with Crippen LogP contribution in [-0.4, -0.2) is 49.9 Å². The van der Waals surface area contributed by atoms with E-state index in [9.17, 15) is 13.5 Å². The first-order valence-electron chi connectivity index (χ1n) is 6.14. The highest BCUT2D eigenvalue weighted by Gasteiger charge is 2.22. The van der Waals surface area contributed by atoms with Gasteiger partial charge in [-0.25, -0.2) is 8.42 Å². The zero-order chi connectivity index (χ0) is 13.9. The van der Waals surface area contributed by atoms with Gasteiger partial charge in [0.1, 0.15) is 0 Å². The van der Waals surface area contributed by atoms with Crippen LogP contribution in [0.2, 0.25) is 0 Å². The molecular weight excluding hydrogens is 264 g/mol. The fourth-order valence-electron chi connectivity index (χ4n) is 2.14. The molecular formula is C13H16N2O3S. The number of nitrogens with zero attached hydrogens (tertiary/aromatic N) is 2. The second-order valence-electron chi connectivity index (χ2n) is 4.70. The molecule has 1 aliphatic rings. The molecule has 19 heavy (non-hydrogen) atoms. The van der Waals surface area contributed by atoms with Crippen molar-refractivity contribution in [2.75, 3.05) is 25.4 Å². The largest absolute Gasteiger partial charge is 0.392 e. The van der Waals surface area contributed by atoms with Gasteiger partial charge < -0.3 is 5.11 Å². The standard InChI is InChI=1S/C13H16N2O3S/c14-9-11-2-1-3-13(8-11)19(17,18)7-6-15-5-4-12(16)10-15/h1-3,8,12,16H,4-7,10H2/t12-/m1/s1. The van der Waals surface area contributed by atoms with E-state index in [1.165, 1.54) is 12.1 Å². The molecule has 1 N–H and O–H groups in total. The Hall–Kier alpha value is -1.42. The quantitative estimate of drug-likeness (QED) is 0.863. The topological polar surface area (TPSA) is 81.4 Å². The van der Waals surface area contributed by atoms with E-state index in [2.05, 4.69) is 0 Å². The van der Waals surface area contributed by atoms with Gasteiger partial charge in [0, 0.05) is 19.6 Å². The highest BCUT2D eigenvalue weighted by atomic mass is 32.2. The van der Waals surface area contributed by atoms with Crippen LogP contribution >= 0.6 is 0 Å². The molecule has 102 valence electrons. The minimum atomic E-state index is -3.37. The lowest BCUT2D eigenvalue weighted by molar-refractivity contribution is 0.178. The van der Waals surface area contributed by atoms with Crippen LogP contribution in [0, 0.1) is 11.3 Å². The molecule has 1 saturated heterocycles. The molecule has 1 aromatic rings. The lowest BCUT2D eigenvalue weighted by Gasteiger charge is -2.14. The second-order valence-corrected chi connectivity index (χ2v) is 6.81. The summed E-state index contributed by atoms with van der Waals surface area (Å²) in [6.45, 7) is 1.68. The van der Waals surface area contributed by atoms with E-state index in [0.29, 0.717) is 25.1 Å². The van der Waals surface area contributed by atoms with Crippen molar-refractivity contribution >= 4 is 9.84 Å². The van der Waals surface area contributed by atoms with Crippen LogP contribution in [0.3, 0.4) is 0 Å². The van der Waals surface area contributed by atoms with E-state index in [-0.39, 0.29) is 16.8 Å². The van der Waals surface area contributed by atoms with Crippen molar-refractivity contribution in [3.05, 3.63) is 29.8 Å². The fourth-order valence-corrected chi connectivity index (χ4v) is 3.47. The Balaban J connectivity index is 2.04. The molecule has 0 aromatic heterocycles. The third-order valence-electron chi connectivity index (χ3n) is 3.25. The van der Waals surface area contributed by atoms with Gasteiger partial charge in [0.2, 0.25) is 0 Å². The smallest absolute Gasteiger partial charge is 0.179 e. The average molecular weight is 280 g/mol. The van der Waals surface area contributed by atoms with Crippen LogP contribution in [0.15, 0.2) is 29.2 Å². The average Bonchev–Trinajstić information content (AvgIpc) is 2.82. The first-order chi connectivity index (χ1) is 9.01. The van der Waals surface area contributed by atoms with Crippen LogP contribution in [0.5, 0.6) is 0 Å². The third-order valence-corrected chi connectivity index (χ3v) is 4.94. The van der Waals surface area contributed by atoms with Gasteiger partial charge >= 0.3 is 0 Å². The summed E-state index contributed by atoms with van der Waals surface area (Å²) < 4.78 is 24.3. The van der Waals surface area contributed by atoms with Crippen molar-refractivity contribution in [3.8, 4) is 6.07 Å². The monoisotopic (exact) mass is 280 g/mol. The molecule has 1 heterocycles. The maximum absolute atomic E-state index is 12.1.